The van der Waals surface area contributed by atoms with Crippen LogP contribution >= 0.6 is 0 Å². The van der Waals surface area contributed by atoms with Crippen molar-refractivity contribution in [1.29, 1.82) is 0 Å². The van der Waals surface area contributed by atoms with Gasteiger partial charge in [-0.05, 0) is 77.5 Å². The Balaban J connectivity index is 1.83. The number of carbonyl (C=O) groups excluding carboxylic acids is 2. The summed E-state index contributed by atoms with van der Waals surface area (Å²) in [5.41, 5.74) is 1.78. The van der Waals surface area contributed by atoms with Gasteiger partial charge in [-0.15, -0.1) is 0 Å². The van der Waals surface area contributed by atoms with Gasteiger partial charge in [0.1, 0.15) is 17.5 Å². The Kier molecular flexibility index (Phi) is 11.6. The van der Waals surface area contributed by atoms with E-state index in [1.807, 2.05) is 0 Å². The molecule has 0 aliphatic carbocycles. The number of esters is 1. The van der Waals surface area contributed by atoms with Crippen LogP contribution in [0, 0.1) is 0 Å². The molecule has 2 rings (SSSR count). The molecular weight excluding hydrogens is 436 g/mol. The summed E-state index contributed by atoms with van der Waals surface area (Å²) < 4.78 is 15.4. The number of nitrogens with zero attached hydrogens (tertiary/aromatic N) is 2. The lowest BCUT2D eigenvalue weighted by atomic mass is 10.1. The molecular formula is C25H42N4O5. The fourth-order valence-corrected chi connectivity index (χ4v) is 3.86. The number of anilines is 1. The van der Waals surface area contributed by atoms with E-state index in [2.05, 4.69) is 27.7 Å². The maximum absolute atomic E-state index is 12.2. The Morgan fingerprint density at radius 1 is 1.18 bits per heavy atom. The molecule has 9 heteroatoms. The van der Waals surface area contributed by atoms with Crippen LogP contribution in [0.5, 0.6) is 0 Å². The molecule has 1 aliphatic rings. The van der Waals surface area contributed by atoms with E-state index in [1.54, 1.807) is 27.9 Å². The van der Waals surface area contributed by atoms with E-state index in [1.165, 1.54) is 12.7 Å². The first-order valence-electron chi connectivity index (χ1n) is 12.2. The molecule has 9 nitrogen and oxygen atoms in total. The Bertz CT molecular complexity index is 781. The van der Waals surface area contributed by atoms with E-state index in [9.17, 15) is 9.59 Å². The number of hydrogen-bond acceptors (Lipinski definition) is 8. The number of amides is 1. The van der Waals surface area contributed by atoms with Gasteiger partial charge in [0, 0.05) is 32.4 Å². The van der Waals surface area contributed by atoms with E-state index in [0.29, 0.717) is 19.6 Å². The third kappa shape index (κ3) is 10.3. The van der Waals surface area contributed by atoms with Crippen LogP contribution in [0.15, 0.2) is 12.1 Å². The maximum atomic E-state index is 12.2. The summed E-state index contributed by atoms with van der Waals surface area (Å²) in [5.74, 6) is 0.557. The second-order valence-electron chi connectivity index (χ2n) is 9.64. The highest BCUT2D eigenvalue weighted by atomic mass is 16.6. The van der Waals surface area contributed by atoms with E-state index in [4.69, 9.17) is 19.2 Å². The summed E-state index contributed by atoms with van der Waals surface area (Å²) in [4.78, 5) is 31.4. The molecule has 1 atom stereocenters. The number of pyridine rings is 1. The van der Waals surface area contributed by atoms with Crippen LogP contribution in [0.1, 0.15) is 57.7 Å². The monoisotopic (exact) mass is 478 g/mol. The molecule has 0 bridgehead atoms. The van der Waals surface area contributed by atoms with E-state index in [-0.39, 0.29) is 0 Å². The fourth-order valence-electron chi connectivity index (χ4n) is 3.86. The highest BCUT2D eigenvalue weighted by Gasteiger charge is 2.25. The molecule has 0 saturated carbocycles. The summed E-state index contributed by atoms with van der Waals surface area (Å²) in [7, 11) is 2.99. The average Bonchev–Trinajstić information content (AvgIpc) is 2.80. The van der Waals surface area contributed by atoms with Crippen molar-refractivity contribution in [3.8, 4) is 0 Å². The molecule has 34 heavy (non-hydrogen) atoms. The summed E-state index contributed by atoms with van der Waals surface area (Å²) >= 11 is 0. The van der Waals surface area contributed by atoms with Gasteiger partial charge >= 0.3 is 12.1 Å². The van der Waals surface area contributed by atoms with Crippen molar-refractivity contribution in [2.45, 2.75) is 70.9 Å². The van der Waals surface area contributed by atoms with Crippen LogP contribution in [0.4, 0.5) is 10.6 Å². The zero-order valence-electron chi connectivity index (χ0n) is 21.4. The zero-order valence-corrected chi connectivity index (χ0v) is 21.4. The second-order valence-corrected chi connectivity index (χ2v) is 9.64. The molecule has 1 amide bonds. The Morgan fingerprint density at radius 3 is 2.68 bits per heavy atom. The van der Waals surface area contributed by atoms with Crippen LogP contribution in [0.3, 0.4) is 0 Å². The lowest BCUT2D eigenvalue weighted by Gasteiger charge is -2.26. The first kappa shape index (κ1) is 27.9. The predicted octanol–water partition coefficient (Wildman–Crippen LogP) is 3.17. The molecule has 192 valence electrons. The van der Waals surface area contributed by atoms with Crippen LogP contribution < -0.4 is 10.6 Å². The number of unbranched alkanes of at least 4 members (excludes halogenated alkanes) is 1. The van der Waals surface area contributed by atoms with Crippen molar-refractivity contribution in [1.82, 2.24) is 15.2 Å². The van der Waals surface area contributed by atoms with E-state index in [0.717, 1.165) is 63.3 Å². The van der Waals surface area contributed by atoms with Crippen LogP contribution in [0.25, 0.3) is 0 Å². The Morgan fingerprint density at radius 2 is 1.97 bits per heavy atom. The summed E-state index contributed by atoms with van der Waals surface area (Å²) in [6.07, 6.45) is 5.00. The number of alkyl carbamates (subject to hydrolysis) is 1. The number of hydrogen-bond donors (Lipinski definition) is 2. The Hall–Kier alpha value is -2.39. The van der Waals surface area contributed by atoms with Crippen molar-refractivity contribution in [3.05, 3.63) is 23.4 Å². The molecule has 0 unspecified atom stereocenters. The molecule has 0 spiro atoms. The van der Waals surface area contributed by atoms with Crippen LogP contribution in [-0.2, 0) is 31.8 Å². The van der Waals surface area contributed by atoms with E-state index >= 15 is 0 Å². The van der Waals surface area contributed by atoms with Gasteiger partial charge in [-0.25, -0.2) is 14.6 Å². The minimum atomic E-state index is -0.767. The van der Waals surface area contributed by atoms with Gasteiger partial charge in [0.05, 0.1) is 13.7 Å². The van der Waals surface area contributed by atoms with Gasteiger partial charge in [-0.2, -0.15) is 0 Å². The Labute approximate surface area is 203 Å². The number of aromatic nitrogens is 1. The molecule has 2 N–H and O–H groups in total. The highest BCUT2D eigenvalue weighted by molar-refractivity contribution is 5.81. The first-order valence-corrected chi connectivity index (χ1v) is 12.2. The standard InChI is InChI=1S/C25H42N4O5/c1-25(2,3)34-24(31)28-21(23(30)33-5)13-16-29(17-18-32-4)15-7-6-10-20-12-11-19-9-8-14-26-22(19)27-20/h11-12,21H,6-10,13-18H2,1-5H3,(H,26,27)(H,28,31)/t21-/m0/s1. The molecule has 2 heterocycles. The molecule has 0 saturated heterocycles. The minimum absolute atomic E-state index is 0.424. The molecule has 1 aromatic heterocycles. The van der Waals surface area contributed by atoms with Crippen molar-refractivity contribution in [2.24, 2.45) is 0 Å². The molecule has 0 fully saturated rings. The van der Waals surface area contributed by atoms with Gasteiger partial charge in [0.2, 0.25) is 0 Å². The highest BCUT2D eigenvalue weighted by Crippen LogP contribution is 2.20. The number of methoxy groups -OCH3 is 2. The number of nitrogens with one attached hydrogen (secondary N) is 2. The number of carbonyl (C=O) groups is 2. The van der Waals surface area contributed by atoms with Gasteiger partial charge in [-0.1, -0.05) is 6.07 Å². The third-order valence-electron chi connectivity index (χ3n) is 5.63. The molecule has 1 aliphatic heterocycles. The van der Waals surface area contributed by atoms with Gasteiger partial charge in [0.25, 0.3) is 0 Å². The number of fused-ring (bicyclic) bond motifs is 1. The van der Waals surface area contributed by atoms with Crippen molar-refractivity contribution in [2.75, 3.05) is 52.3 Å². The van der Waals surface area contributed by atoms with Crippen LogP contribution in [-0.4, -0.2) is 80.6 Å². The van der Waals surface area contributed by atoms with Gasteiger partial charge in [0.15, 0.2) is 0 Å². The van der Waals surface area contributed by atoms with Crippen molar-refractivity contribution < 1.29 is 23.8 Å². The quantitative estimate of drug-likeness (QED) is 0.329. The smallest absolute Gasteiger partial charge is 0.408 e. The SMILES string of the molecule is COCCN(CCCCc1ccc2c(n1)NCCC2)CC[C@H](NC(=O)OC(C)(C)C)C(=O)OC. The first-order chi connectivity index (χ1) is 16.2. The van der Waals surface area contributed by atoms with Crippen molar-refractivity contribution >= 4 is 17.9 Å². The summed E-state index contributed by atoms with van der Waals surface area (Å²) in [6.45, 7) is 9.17. The van der Waals surface area contributed by atoms with Crippen LogP contribution in [0.2, 0.25) is 0 Å². The molecule has 0 radical (unpaired) electrons. The summed E-state index contributed by atoms with van der Waals surface area (Å²) in [5, 5.41) is 6.03. The van der Waals surface area contributed by atoms with Gasteiger partial charge in [-0.3, -0.25) is 0 Å². The van der Waals surface area contributed by atoms with Gasteiger partial charge < -0.3 is 29.7 Å². The largest absolute Gasteiger partial charge is 0.467 e. The topological polar surface area (TPSA) is 102 Å². The lowest BCUT2D eigenvalue weighted by molar-refractivity contribution is -0.143. The van der Waals surface area contributed by atoms with E-state index < -0.39 is 23.7 Å². The number of rotatable bonds is 13. The zero-order chi connectivity index (χ0) is 25.0. The minimum Gasteiger partial charge on any atom is -0.467 e. The molecule has 1 aromatic rings. The summed E-state index contributed by atoms with van der Waals surface area (Å²) in [6, 6.07) is 3.56. The molecule has 0 aromatic carbocycles. The lowest BCUT2D eigenvalue weighted by Crippen LogP contribution is -2.46. The maximum Gasteiger partial charge on any atom is 0.408 e. The van der Waals surface area contributed by atoms with Crippen molar-refractivity contribution in [3.63, 3.8) is 0 Å². The predicted molar refractivity (Wildman–Crippen MR) is 132 cm³/mol. The fraction of sp³-hybridized carbons (Fsp3) is 0.720. The average molecular weight is 479 g/mol. The normalized spacial score (nSPS) is 14.2. The second kappa shape index (κ2) is 14.1. The third-order valence-corrected chi connectivity index (χ3v) is 5.63. The number of aryl methyl sites for hydroxylation is 2. The number of ether oxygens (including phenoxy) is 3.